The van der Waals surface area contributed by atoms with Gasteiger partial charge in [0.2, 0.25) is 0 Å². The number of esters is 1. The predicted octanol–water partition coefficient (Wildman–Crippen LogP) is 3.91. The van der Waals surface area contributed by atoms with Crippen molar-refractivity contribution >= 4 is 5.97 Å². The van der Waals surface area contributed by atoms with Crippen LogP contribution in [0.1, 0.15) is 46.1 Å². The SMILES string of the molecule is CCCC(O)(c1ccc(OC(C)C)cc1)C(C(=O)OCC)C(F)F. The summed E-state index contributed by atoms with van der Waals surface area (Å²) >= 11 is 0. The maximum absolute atomic E-state index is 13.5. The standard InChI is InChI=1S/C18H26F2O4/c1-5-11-18(22,15(16(19)20)17(21)23-6-2)13-7-9-14(10-8-13)24-12(3)4/h7-10,12,15-16,22H,5-6,11H2,1-4H3. The molecule has 1 rings (SSSR count). The Morgan fingerprint density at radius 1 is 1.21 bits per heavy atom. The second kappa shape index (κ2) is 8.97. The molecule has 0 bridgehead atoms. The zero-order chi connectivity index (χ0) is 18.3. The Morgan fingerprint density at radius 3 is 2.21 bits per heavy atom. The molecule has 0 fully saturated rings. The van der Waals surface area contributed by atoms with Crippen LogP contribution in [0.2, 0.25) is 0 Å². The summed E-state index contributed by atoms with van der Waals surface area (Å²) in [5.74, 6) is -2.46. The Labute approximate surface area is 141 Å². The van der Waals surface area contributed by atoms with E-state index in [4.69, 9.17) is 9.47 Å². The van der Waals surface area contributed by atoms with E-state index in [0.717, 1.165) is 0 Å². The Hall–Kier alpha value is -1.69. The molecule has 0 saturated carbocycles. The highest BCUT2D eigenvalue weighted by atomic mass is 19.3. The summed E-state index contributed by atoms with van der Waals surface area (Å²) in [4.78, 5) is 12.0. The van der Waals surface area contributed by atoms with E-state index in [1.54, 1.807) is 19.1 Å². The van der Waals surface area contributed by atoms with Crippen LogP contribution in [0.25, 0.3) is 0 Å². The van der Waals surface area contributed by atoms with E-state index in [0.29, 0.717) is 12.2 Å². The summed E-state index contributed by atoms with van der Waals surface area (Å²) in [6.07, 6.45) is -2.61. The van der Waals surface area contributed by atoms with Crippen molar-refractivity contribution in [1.29, 1.82) is 0 Å². The predicted molar refractivity (Wildman–Crippen MR) is 87.1 cm³/mol. The molecule has 1 aromatic carbocycles. The number of carbonyl (C=O) groups is 1. The molecule has 0 aliphatic rings. The van der Waals surface area contributed by atoms with Gasteiger partial charge in [0.15, 0.2) is 5.92 Å². The van der Waals surface area contributed by atoms with Gasteiger partial charge in [-0.15, -0.1) is 0 Å². The van der Waals surface area contributed by atoms with Crippen molar-refractivity contribution in [3.63, 3.8) is 0 Å². The lowest BCUT2D eigenvalue weighted by atomic mass is 9.78. The Morgan fingerprint density at radius 2 is 1.79 bits per heavy atom. The third-order valence-electron chi connectivity index (χ3n) is 3.66. The van der Waals surface area contributed by atoms with Crippen molar-refractivity contribution < 1.29 is 28.2 Å². The van der Waals surface area contributed by atoms with E-state index >= 15 is 0 Å². The van der Waals surface area contributed by atoms with Gasteiger partial charge in [0, 0.05) is 0 Å². The molecule has 136 valence electrons. The summed E-state index contributed by atoms with van der Waals surface area (Å²) < 4.78 is 37.4. The molecule has 1 aromatic rings. The number of aliphatic hydroxyl groups is 1. The number of benzene rings is 1. The molecular formula is C18H26F2O4. The molecule has 0 heterocycles. The van der Waals surface area contributed by atoms with Gasteiger partial charge in [0.1, 0.15) is 11.4 Å². The molecule has 0 radical (unpaired) electrons. The summed E-state index contributed by atoms with van der Waals surface area (Å²) in [7, 11) is 0. The fourth-order valence-corrected chi connectivity index (χ4v) is 2.69. The Bertz CT molecular complexity index is 516. The lowest BCUT2D eigenvalue weighted by Crippen LogP contribution is -2.45. The summed E-state index contributed by atoms with van der Waals surface area (Å²) in [6, 6.07) is 6.23. The Kier molecular flexibility index (Phi) is 7.60. The Balaban J connectivity index is 3.23. The van der Waals surface area contributed by atoms with Gasteiger partial charge in [0.25, 0.3) is 6.43 Å². The van der Waals surface area contributed by atoms with Crippen LogP contribution in [0.3, 0.4) is 0 Å². The van der Waals surface area contributed by atoms with Gasteiger partial charge in [-0.2, -0.15) is 0 Å². The average molecular weight is 344 g/mol. The second-order valence-corrected chi connectivity index (χ2v) is 5.93. The number of hydrogen-bond donors (Lipinski definition) is 1. The highest BCUT2D eigenvalue weighted by Gasteiger charge is 2.48. The fraction of sp³-hybridized carbons (Fsp3) is 0.611. The van der Waals surface area contributed by atoms with Gasteiger partial charge >= 0.3 is 5.97 Å². The molecule has 24 heavy (non-hydrogen) atoms. The van der Waals surface area contributed by atoms with Crippen LogP contribution in [-0.4, -0.2) is 30.2 Å². The minimum Gasteiger partial charge on any atom is -0.491 e. The molecule has 4 nitrogen and oxygen atoms in total. The topological polar surface area (TPSA) is 55.8 Å². The van der Waals surface area contributed by atoms with E-state index in [-0.39, 0.29) is 24.7 Å². The van der Waals surface area contributed by atoms with E-state index in [2.05, 4.69) is 0 Å². The van der Waals surface area contributed by atoms with Crippen LogP contribution in [0.5, 0.6) is 5.75 Å². The van der Waals surface area contributed by atoms with E-state index in [9.17, 15) is 18.7 Å². The average Bonchev–Trinajstić information content (AvgIpc) is 2.47. The summed E-state index contributed by atoms with van der Waals surface area (Å²) in [6.45, 7) is 7.02. The van der Waals surface area contributed by atoms with E-state index < -0.39 is 23.9 Å². The largest absolute Gasteiger partial charge is 0.491 e. The first-order chi connectivity index (χ1) is 11.3. The number of halogens is 2. The van der Waals surface area contributed by atoms with Gasteiger partial charge in [-0.1, -0.05) is 25.5 Å². The third kappa shape index (κ3) is 4.90. The number of rotatable bonds is 9. The van der Waals surface area contributed by atoms with Crippen molar-refractivity contribution in [2.45, 2.75) is 58.7 Å². The van der Waals surface area contributed by atoms with Crippen molar-refractivity contribution in [3.8, 4) is 5.75 Å². The molecule has 6 heteroatoms. The number of hydrogen-bond acceptors (Lipinski definition) is 4. The van der Waals surface area contributed by atoms with Crippen LogP contribution in [0.15, 0.2) is 24.3 Å². The van der Waals surface area contributed by atoms with E-state index in [1.165, 1.54) is 19.1 Å². The quantitative estimate of drug-likeness (QED) is 0.690. The molecule has 0 saturated heterocycles. The summed E-state index contributed by atoms with van der Waals surface area (Å²) in [5, 5.41) is 11.0. The normalized spacial score (nSPS) is 15.2. The maximum atomic E-state index is 13.5. The number of ether oxygens (including phenoxy) is 2. The lowest BCUT2D eigenvalue weighted by molar-refractivity contribution is -0.173. The molecule has 1 N–H and O–H groups in total. The zero-order valence-electron chi connectivity index (χ0n) is 14.6. The number of carbonyl (C=O) groups excluding carboxylic acids is 1. The van der Waals surface area contributed by atoms with Gasteiger partial charge in [-0.3, -0.25) is 4.79 Å². The van der Waals surface area contributed by atoms with Crippen molar-refractivity contribution in [2.24, 2.45) is 5.92 Å². The van der Waals surface area contributed by atoms with Crippen molar-refractivity contribution in [1.82, 2.24) is 0 Å². The molecular weight excluding hydrogens is 318 g/mol. The summed E-state index contributed by atoms with van der Waals surface area (Å²) in [5.41, 5.74) is -1.75. The second-order valence-electron chi connectivity index (χ2n) is 5.93. The van der Waals surface area contributed by atoms with Gasteiger partial charge in [-0.25, -0.2) is 8.78 Å². The van der Waals surface area contributed by atoms with Crippen LogP contribution in [-0.2, 0) is 15.1 Å². The van der Waals surface area contributed by atoms with Crippen LogP contribution >= 0.6 is 0 Å². The maximum Gasteiger partial charge on any atom is 0.318 e. The van der Waals surface area contributed by atoms with Crippen LogP contribution in [0.4, 0.5) is 8.78 Å². The first kappa shape index (κ1) is 20.4. The van der Waals surface area contributed by atoms with Gasteiger partial charge < -0.3 is 14.6 Å². The van der Waals surface area contributed by atoms with Gasteiger partial charge in [-0.05, 0) is 44.9 Å². The molecule has 2 atom stereocenters. The minimum atomic E-state index is -3.04. The fourth-order valence-electron chi connectivity index (χ4n) is 2.69. The molecule has 0 aromatic heterocycles. The molecule has 0 aliphatic carbocycles. The minimum absolute atomic E-state index is 0.0191. The smallest absolute Gasteiger partial charge is 0.318 e. The molecule has 0 amide bonds. The van der Waals surface area contributed by atoms with Crippen molar-refractivity contribution in [2.75, 3.05) is 6.61 Å². The first-order valence-electron chi connectivity index (χ1n) is 8.20. The molecule has 0 spiro atoms. The highest BCUT2D eigenvalue weighted by Crippen LogP contribution is 2.39. The van der Waals surface area contributed by atoms with Gasteiger partial charge in [0.05, 0.1) is 12.7 Å². The monoisotopic (exact) mass is 344 g/mol. The number of alkyl halides is 2. The highest BCUT2D eigenvalue weighted by molar-refractivity contribution is 5.75. The third-order valence-corrected chi connectivity index (χ3v) is 3.66. The van der Waals surface area contributed by atoms with Crippen LogP contribution in [0, 0.1) is 5.92 Å². The zero-order valence-corrected chi connectivity index (χ0v) is 14.6. The first-order valence-corrected chi connectivity index (χ1v) is 8.20. The molecule has 2 unspecified atom stereocenters. The lowest BCUT2D eigenvalue weighted by Gasteiger charge is -2.34. The van der Waals surface area contributed by atoms with Crippen molar-refractivity contribution in [3.05, 3.63) is 29.8 Å². The molecule has 0 aliphatic heterocycles. The van der Waals surface area contributed by atoms with E-state index in [1.807, 2.05) is 13.8 Å². The van der Waals surface area contributed by atoms with Crippen LogP contribution < -0.4 is 4.74 Å².